The fourth-order valence-electron chi connectivity index (χ4n) is 3.18. The Morgan fingerprint density at radius 2 is 1.23 bits per heavy atom. The van der Waals surface area contributed by atoms with Crippen LogP contribution in [0.2, 0.25) is 0 Å². The van der Waals surface area contributed by atoms with Crippen molar-refractivity contribution in [3.8, 4) is 0 Å². The van der Waals surface area contributed by atoms with Crippen molar-refractivity contribution >= 4 is 0 Å². The summed E-state index contributed by atoms with van der Waals surface area (Å²) in [4.78, 5) is 0. The van der Waals surface area contributed by atoms with Crippen LogP contribution in [0, 0.1) is 10.8 Å². The fourth-order valence-corrected chi connectivity index (χ4v) is 3.18. The van der Waals surface area contributed by atoms with E-state index in [0.29, 0.717) is 12.2 Å². The van der Waals surface area contributed by atoms with Gasteiger partial charge in [-0.1, -0.05) is 40.5 Å². The zero-order valence-corrected chi connectivity index (χ0v) is 15.2. The van der Waals surface area contributed by atoms with Crippen molar-refractivity contribution in [2.75, 3.05) is 13.2 Å². The van der Waals surface area contributed by atoms with E-state index in [-0.39, 0.29) is 24.0 Å². The van der Waals surface area contributed by atoms with Crippen LogP contribution in [0.25, 0.3) is 0 Å². The van der Waals surface area contributed by atoms with Gasteiger partial charge in [-0.25, -0.2) is 0 Å². The first-order valence-electron chi connectivity index (χ1n) is 9.15. The average molecular weight is 315 g/mol. The van der Waals surface area contributed by atoms with Crippen LogP contribution >= 0.6 is 0 Å². The predicted molar refractivity (Wildman–Crippen MR) is 91.9 cm³/mol. The number of hydrogen-bond acceptors (Lipinski definition) is 3. The molecule has 0 bridgehead atoms. The Morgan fingerprint density at radius 3 is 1.59 bits per heavy atom. The number of rotatable bonds is 10. The number of hydrogen-bond donors (Lipinski definition) is 2. The molecule has 0 spiro atoms. The Balaban J connectivity index is 2.21. The van der Waals surface area contributed by atoms with Crippen LogP contribution in [0.5, 0.6) is 0 Å². The van der Waals surface area contributed by atoms with Crippen molar-refractivity contribution in [2.24, 2.45) is 10.8 Å². The van der Waals surface area contributed by atoms with Crippen molar-refractivity contribution in [1.29, 1.82) is 0 Å². The van der Waals surface area contributed by atoms with Gasteiger partial charge in [0.1, 0.15) is 0 Å². The smallest absolute Gasteiger partial charge is 0.0579 e. The highest BCUT2D eigenvalue weighted by Crippen LogP contribution is 2.30. The SMILES string of the molecule is CC(C)(CO)CCCC1CCCC(CCCC(C)(C)CO)O1. The Hall–Kier alpha value is -0.120. The molecule has 1 aliphatic heterocycles. The summed E-state index contributed by atoms with van der Waals surface area (Å²) in [6.45, 7) is 9.03. The fraction of sp³-hybridized carbons (Fsp3) is 1.00. The van der Waals surface area contributed by atoms with E-state index in [0.717, 1.165) is 38.5 Å². The second kappa shape index (κ2) is 9.24. The molecule has 1 rings (SSSR count). The van der Waals surface area contributed by atoms with Crippen molar-refractivity contribution in [3.05, 3.63) is 0 Å². The molecule has 1 heterocycles. The van der Waals surface area contributed by atoms with Gasteiger partial charge in [0.15, 0.2) is 0 Å². The first-order chi connectivity index (χ1) is 10.3. The third-order valence-electron chi connectivity index (χ3n) is 5.05. The van der Waals surface area contributed by atoms with Gasteiger partial charge in [0.25, 0.3) is 0 Å². The molecule has 1 aliphatic rings. The normalized spacial score (nSPS) is 23.7. The van der Waals surface area contributed by atoms with Crippen LogP contribution in [-0.2, 0) is 4.74 Å². The minimum atomic E-state index is 0.0456. The van der Waals surface area contributed by atoms with Crippen LogP contribution in [0.3, 0.4) is 0 Å². The summed E-state index contributed by atoms with van der Waals surface area (Å²) in [5, 5.41) is 18.6. The zero-order chi connectivity index (χ0) is 16.6. The molecular formula is C19H38O3. The van der Waals surface area contributed by atoms with Gasteiger partial charge in [0.05, 0.1) is 12.2 Å². The van der Waals surface area contributed by atoms with Gasteiger partial charge in [0, 0.05) is 13.2 Å². The quantitative estimate of drug-likeness (QED) is 0.632. The Labute approximate surface area is 137 Å². The summed E-state index contributed by atoms with van der Waals surface area (Å²) in [6, 6.07) is 0. The van der Waals surface area contributed by atoms with Gasteiger partial charge in [-0.2, -0.15) is 0 Å². The minimum Gasteiger partial charge on any atom is -0.396 e. The maximum atomic E-state index is 9.31. The molecule has 0 aliphatic carbocycles. The zero-order valence-electron chi connectivity index (χ0n) is 15.2. The van der Waals surface area contributed by atoms with E-state index in [2.05, 4.69) is 27.7 Å². The highest BCUT2D eigenvalue weighted by molar-refractivity contribution is 4.75. The maximum Gasteiger partial charge on any atom is 0.0579 e. The first-order valence-corrected chi connectivity index (χ1v) is 9.15. The molecule has 2 N–H and O–H groups in total. The molecule has 2 atom stereocenters. The molecule has 0 aromatic heterocycles. The van der Waals surface area contributed by atoms with Crippen LogP contribution in [0.15, 0.2) is 0 Å². The van der Waals surface area contributed by atoms with Crippen LogP contribution in [0.1, 0.15) is 85.5 Å². The summed E-state index contributed by atoms with van der Waals surface area (Å²) < 4.78 is 6.26. The monoisotopic (exact) mass is 314 g/mol. The lowest BCUT2D eigenvalue weighted by Crippen LogP contribution is -2.28. The molecule has 0 aromatic carbocycles. The molecule has 2 unspecified atom stereocenters. The maximum absolute atomic E-state index is 9.31. The van der Waals surface area contributed by atoms with E-state index in [1.807, 2.05) is 0 Å². The molecule has 132 valence electrons. The van der Waals surface area contributed by atoms with Crippen LogP contribution in [0.4, 0.5) is 0 Å². The molecule has 1 fully saturated rings. The third kappa shape index (κ3) is 7.94. The highest BCUT2D eigenvalue weighted by Gasteiger charge is 2.24. The van der Waals surface area contributed by atoms with Gasteiger partial charge in [-0.15, -0.1) is 0 Å². The van der Waals surface area contributed by atoms with Gasteiger partial charge in [-0.3, -0.25) is 0 Å². The van der Waals surface area contributed by atoms with Crippen molar-refractivity contribution in [3.63, 3.8) is 0 Å². The van der Waals surface area contributed by atoms with E-state index < -0.39 is 0 Å². The molecule has 22 heavy (non-hydrogen) atoms. The highest BCUT2D eigenvalue weighted by atomic mass is 16.5. The van der Waals surface area contributed by atoms with E-state index in [1.54, 1.807) is 0 Å². The lowest BCUT2D eigenvalue weighted by molar-refractivity contribution is -0.0599. The molecular weight excluding hydrogens is 276 g/mol. The summed E-state index contributed by atoms with van der Waals surface area (Å²) in [5.41, 5.74) is 0.0912. The van der Waals surface area contributed by atoms with Crippen LogP contribution in [-0.4, -0.2) is 35.6 Å². The van der Waals surface area contributed by atoms with E-state index >= 15 is 0 Å². The molecule has 0 radical (unpaired) electrons. The topological polar surface area (TPSA) is 49.7 Å². The number of aliphatic hydroxyl groups excluding tert-OH is 2. The van der Waals surface area contributed by atoms with Crippen LogP contribution < -0.4 is 0 Å². The minimum absolute atomic E-state index is 0.0456. The largest absolute Gasteiger partial charge is 0.396 e. The lowest BCUT2D eigenvalue weighted by Gasteiger charge is -2.32. The van der Waals surface area contributed by atoms with Gasteiger partial charge in [0.2, 0.25) is 0 Å². The molecule has 0 saturated carbocycles. The third-order valence-corrected chi connectivity index (χ3v) is 5.05. The molecule has 3 heteroatoms. The summed E-state index contributed by atoms with van der Waals surface area (Å²) in [6.07, 6.45) is 11.2. The van der Waals surface area contributed by atoms with E-state index in [4.69, 9.17) is 4.74 Å². The molecule has 0 aromatic rings. The molecule has 1 saturated heterocycles. The Morgan fingerprint density at radius 1 is 0.818 bits per heavy atom. The van der Waals surface area contributed by atoms with Gasteiger partial charge >= 0.3 is 0 Å². The Kier molecular flexibility index (Phi) is 8.37. The lowest BCUT2D eigenvalue weighted by atomic mass is 9.86. The second-order valence-corrected chi connectivity index (χ2v) is 8.74. The Bertz CT molecular complexity index is 271. The molecule has 3 nitrogen and oxygen atoms in total. The van der Waals surface area contributed by atoms with E-state index in [1.165, 1.54) is 19.3 Å². The van der Waals surface area contributed by atoms with Crippen molar-refractivity contribution in [1.82, 2.24) is 0 Å². The average Bonchev–Trinajstić information content (AvgIpc) is 2.47. The first kappa shape index (κ1) is 19.9. The summed E-state index contributed by atoms with van der Waals surface area (Å²) in [7, 11) is 0. The van der Waals surface area contributed by atoms with Gasteiger partial charge < -0.3 is 14.9 Å². The van der Waals surface area contributed by atoms with Gasteiger partial charge in [-0.05, 0) is 55.8 Å². The predicted octanol–water partition coefficient (Wildman–Crippen LogP) is 4.30. The molecule has 0 amide bonds. The number of aliphatic hydroxyl groups is 2. The second-order valence-electron chi connectivity index (χ2n) is 8.74. The number of ether oxygens (including phenoxy) is 1. The summed E-state index contributed by atoms with van der Waals surface area (Å²) in [5.74, 6) is 0. The van der Waals surface area contributed by atoms with Crippen molar-refractivity contribution in [2.45, 2.75) is 97.7 Å². The van der Waals surface area contributed by atoms with E-state index in [9.17, 15) is 10.2 Å². The standard InChI is InChI=1S/C19H38O3/c1-18(2,14-20)12-6-10-16-8-5-9-17(22-16)11-7-13-19(3,4)15-21/h16-17,20-21H,5-15H2,1-4H3. The summed E-state index contributed by atoms with van der Waals surface area (Å²) >= 11 is 0. The van der Waals surface area contributed by atoms with Crippen molar-refractivity contribution < 1.29 is 14.9 Å².